The van der Waals surface area contributed by atoms with Crippen molar-refractivity contribution in [2.45, 2.75) is 6.18 Å². The predicted octanol–water partition coefficient (Wildman–Crippen LogP) is 2.81. The monoisotopic (exact) mass is 405 g/mol. The van der Waals surface area contributed by atoms with E-state index in [1.165, 1.54) is 25.3 Å². The number of aromatic nitrogens is 2. The van der Waals surface area contributed by atoms with E-state index in [4.69, 9.17) is 4.74 Å². The van der Waals surface area contributed by atoms with Crippen LogP contribution in [0.2, 0.25) is 0 Å². The van der Waals surface area contributed by atoms with Crippen molar-refractivity contribution >= 4 is 11.6 Å². The van der Waals surface area contributed by atoms with Crippen molar-refractivity contribution in [3.05, 3.63) is 86.7 Å². The van der Waals surface area contributed by atoms with Crippen LogP contribution in [-0.4, -0.2) is 22.6 Å². The van der Waals surface area contributed by atoms with Crippen LogP contribution in [-0.2, 0) is 6.18 Å². The fourth-order valence-electron chi connectivity index (χ4n) is 2.59. The molecule has 150 valence electrons. The van der Waals surface area contributed by atoms with E-state index >= 15 is 0 Å². The zero-order valence-corrected chi connectivity index (χ0v) is 14.9. The van der Waals surface area contributed by atoms with Crippen molar-refractivity contribution in [2.24, 2.45) is 0 Å². The number of carbonyl (C=O) groups is 1. The van der Waals surface area contributed by atoms with Gasteiger partial charge in [-0.2, -0.15) is 13.2 Å². The minimum atomic E-state index is -4.59. The number of rotatable bonds is 4. The molecule has 2 N–H and O–H groups in total. The van der Waals surface area contributed by atoms with E-state index in [-0.39, 0.29) is 11.4 Å². The van der Waals surface area contributed by atoms with E-state index in [1.807, 2.05) is 0 Å². The molecule has 1 heterocycles. The Hall–Kier alpha value is -3.82. The normalized spacial score (nSPS) is 11.2. The summed E-state index contributed by atoms with van der Waals surface area (Å²) >= 11 is 0. The summed E-state index contributed by atoms with van der Waals surface area (Å²) < 4.78 is 44.2. The van der Waals surface area contributed by atoms with Crippen molar-refractivity contribution in [2.75, 3.05) is 12.4 Å². The quantitative estimate of drug-likeness (QED) is 0.698. The summed E-state index contributed by atoms with van der Waals surface area (Å²) in [5, 5.41) is 2.23. The lowest BCUT2D eigenvalue weighted by atomic mass is 10.2. The van der Waals surface area contributed by atoms with Crippen LogP contribution in [0.25, 0.3) is 5.69 Å². The number of alkyl halides is 3. The lowest BCUT2D eigenvalue weighted by Crippen LogP contribution is -2.38. The average Bonchev–Trinajstić information content (AvgIpc) is 2.67. The van der Waals surface area contributed by atoms with Gasteiger partial charge < -0.3 is 15.0 Å². The minimum Gasteiger partial charge on any atom is -0.497 e. The molecule has 0 atom stereocenters. The van der Waals surface area contributed by atoms with Crippen molar-refractivity contribution in [1.29, 1.82) is 0 Å². The molecule has 29 heavy (non-hydrogen) atoms. The summed E-state index contributed by atoms with van der Waals surface area (Å²) in [6, 6.07) is 10.0. The Morgan fingerprint density at radius 2 is 1.83 bits per heavy atom. The van der Waals surface area contributed by atoms with Gasteiger partial charge in [-0.05, 0) is 30.3 Å². The number of carbonyl (C=O) groups excluding carboxylic acids is 1. The lowest BCUT2D eigenvalue weighted by Gasteiger charge is -2.11. The summed E-state index contributed by atoms with van der Waals surface area (Å²) in [5.41, 5.74) is -3.13. The SMILES string of the molecule is COc1cccc(-n2c(=O)[nH]cc(C(=O)Nc3cccc(C(F)(F)F)c3)c2=O)c1. The lowest BCUT2D eigenvalue weighted by molar-refractivity contribution is -0.137. The summed E-state index contributed by atoms with van der Waals surface area (Å²) in [7, 11) is 1.41. The van der Waals surface area contributed by atoms with E-state index in [0.717, 1.165) is 29.0 Å². The third kappa shape index (κ3) is 4.21. The Balaban J connectivity index is 1.99. The molecule has 0 spiro atoms. The number of aromatic amines is 1. The van der Waals surface area contributed by atoms with Gasteiger partial charge in [-0.3, -0.25) is 9.59 Å². The standard InChI is InChI=1S/C19H14F3N3O4/c1-29-14-7-3-6-13(9-14)25-17(27)15(10-23-18(25)28)16(26)24-12-5-2-4-11(8-12)19(20,21)22/h2-10H,1H3,(H,23,28)(H,24,26). The number of halogens is 3. The Morgan fingerprint density at radius 3 is 2.52 bits per heavy atom. The predicted molar refractivity (Wildman–Crippen MR) is 98.6 cm³/mol. The zero-order valence-electron chi connectivity index (χ0n) is 14.9. The molecule has 7 nitrogen and oxygen atoms in total. The topological polar surface area (TPSA) is 93.2 Å². The second-order valence-corrected chi connectivity index (χ2v) is 5.88. The van der Waals surface area contributed by atoms with Gasteiger partial charge in [0.05, 0.1) is 18.4 Å². The summed E-state index contributed by atoms with van der Waals surface area (Å²) in [6.45, 7) is 0. The number of hydrogen-bond acceptors (Lipinski definition) is 4. The van der Waals surface area contributed by atoms with Gasteiger partial charge in [0, 0.05) is 18.0 Å². The molecule has 0 unspecified atom stereocenters. The third-order valence-electron chi connectivity index (χ3n) is 3.98. The molecule has 3 aromatic rings. The van der Waals surface area contributed by atoms with Crippen LogP contribution in [0.15, 0.2) is 64.3 Å². The molecule has 10 heteroatoms. The van der Waals surface area contributed by atoms with Gasteiger partial charge in [-0.25, -0.2) is 9.36 Å². The second kappa shape index (κ2) is 7.66. The van der Waals surface area contributed by atoms with Crippen LogP contribution >= 0.6 is 0 Å². The number of anilines is 1. The Morgan fingerprint density at radius 1 is 1.10 bits per heavy atom. The van der Waals surface area contributed by atoms with Crippen molar-refractivity contribution < 1.29 is 22.7 Å². The average molecular weight is 405 g/mol. The number of hydrogen-bond donors (Lipinski definition) is 2. The number of benzene rings is 2. The van der Waals surface area contributed by atoms with Crippen LogP contribution in [0.3, 0.4) is 0 Å². The van der Waals surface area contributed by atoms with Crippen LogP contribution < -0.4 is 21.3 Å². The maximum Gasteiger partial charge on any atom is 0.416 e. The molecular weight excluding hydrogens is 391 g/mol. The molecule has 2 aromatic carbocycles. The van der Waals surface area contributed by atoms with E-state index in [1.54, 1.807) is 12.1 Å². The molecule has 0 aliphatic rings. The number of amides is 1. The number of methoxy groups -OCH3 is 1. The number of nitrogens with zero attached hydrogens (tertiary/aromatic N) is 1. The summed E-state index contributed by atoms with van der Waals surface area (Å²) in [5.74, 6) is -0.588. The fourth-order valence-corrected chi connectivity index (χ4v) is 2.59. The highest BCUT2D eigenvalue weighted by Gasteiger charge is 2.30. The van der Waals surface area contributed by atoms with Crippen LogP contribution in [0.4, 0.5) is 18.9 Å². The third-order valence-corrected chi connectivity index (χ3v) is 3.98. The number of H-pyrrole nitrogens is 1. The molecule has 0 bridgehead atoms. The highest BCUT2D eigenvalue weighted by molar-refractivity contribution is 6.03. The zero-order chi connectivity index (χ0) is 21.2. The Labute approximate surface area is 161 Å². The van der Waals surface area contributed by atoms with Crippen molar-refractivity contribution in [3.8, 4) is 11.4 Å². The van der Waals surface area contributed by atoms with Gasteiger partial charge in [0.25, 0.3) is 11.5 Å². The van der Waals surface area contributed by atoms with Gasteiger partial charge in [-0.15, -0.1) is 0 Å². The van der Waals surface area contributed by atoms with E-state index in [9.17, 15) is 27.6 Å². The highest BCUT2D eigenvalue weighted by atomic mass is 19.4. The number of ether oxygens (including phenoxy) is 1. The van der Waals surface area contributed by atoms with Crippen LogP contribution in [0.1, 0.15) is 15.9 Å². The number of nitrogens with one attached hydrogen (secondary N) is 2. The first kappa shape index (κ1) is 19.9. The molecule has 1 amide bonds. The van der Waals surface area contributed by atoms with Crippen molar-refractivity contribution in [1.82, 2.24) is 9.55 Å². The molecule has 0 aliphatic heterocycles. The first-order valence-corrected chi connectivity index (χ1v) is 8.18. The summed E-state index contributed by atoms with van der Waals surface area (Å²) in [6.07, 6.45) is -3.68. The molecule has 3 rings (SSSR count). The fraction of sp³-hybridized carbons (Fsp3) is 0.105. The second-order valence-electron chi connectivity index (χ2n) is 5.88. The molecule has 1 aromatic heterocycles. The summed E-state index contributed by atoms with van der Waals surface area (Å²) in [4.78, 5) is 39.6. The molecule has 0 aliphatic carbocycles. The van der Waals surface area contributed by atoms with E-state index in [0.29, 0.717) is 5.75 Å². The minimum absolute atomic E-state index is 0.150. The Bertz CT molecular complexity index is 1180. The van der Waals surface area contributed by atoms with Gasteiger partial charge in [0.15, 0.2) is 0 Å². The van der Waals surface area contributed by atoms with E-state index in [2.05, 4.69) is 10.3 Å². The first-order valence-electron chi connectivity index (χ1n) is 8.18. The van der Waals surface area contributed by atoms with Gasteiger partial charge in [0.2, 0.25) is 0 Å². The van der Waals surface area contributed by atoms with E-state index < -0.39 is 34.5 Å². The smallest absolute Gasteiger partial charge is 0.416 e. The van der Waals surface area contributed by atoms with Gasteiger partial charge in [-0.1, -0.05) is 12.1 Å². The molecule has 0 saturated carbocycles. The molecule has 0 radical (unpaired) electrons. The van der Waals surface area contributed by atoms with Gasteiger partial charge >= 0.3 is 11.9 Å². The Kier molecular flexibility index (Phi) is 5.26. The first-order chi connectivity index (χ1) is 13.7. The van der Waals surface area contributed by atoms with Gasteiger partial charge in [0.1, 0.15) is 11.3 Å². The molecule has 0 saturated heterocycles. The van der Waals surface area contributed by atoms with Crippen LogP contribution in [0, 0.1) is 0 Å². The largest absolute Gasteiger partial charge is 0.497 e. The maximum atomic E-state index is 12.8. The molecular formula is C19H14F3N3O4. The molecule has 0 fully saturated rings. The highest BCUT2D eigenvalue weighted by Crippen LogP contribution is 2.30. The van der Waals surface area contributed by atoms with Crippen LogP contribution in [0.5, 0.6) is 5.75 Å². The maximum absolute atomic E-state index is 12.8. The van der Waals surface area contributed by atoms with Crippen molar-refractivity contribution in [3.63, 3.8) is 0 Å².